The van der Waals surface area contributed by atoms with E-state index in [1.54, 1.807) is 11.3 Å². The zero-order valence-electron chi connectivity index (χ0n) is 16.1. The third kappa shape index (κ3) is 3.40. The summed E-state index contributed by atoms with van der Waals surface area (Å²) in [5.74, 6) is 1.42. The highest BCUT2D eigenvalue weighted by Crippen LogP contribution is 2.28. The van der Waals surface area contributed by atoms with E-state index in [1.807, 2.05) is 17.4 Å². The summed E-state index contributed by atoms with van der Waals surface area (Å²) in [7, 11) is 0. The molecule has 144 valence electrons. The number of carbonyl (C=O) groups is 1. The number of hydrogen-bond donors (Lipinski definition) is 1. The fourth-order valence-corrected chi connectivity index (χ4v) is 5.01. The lowest BCUT2D eigenvalue weighted by Gasteiger charge is -2.26. The summed E-state index contributed by atoms with van der Waals surface area (Å²) in [6.07, 6.45) is 5.02. The normalized spacial score (nSPS) is 20.4. The molecule has 0 unspecified atom stereocenters. The van der Waals surface area contributed by atoms with Crippen molar-refractivity contribution in [3.05, 3.63) is 33.2 Å². The molecule has 7 heteroatoms. The average Bonchev–Trinajstić information content (AvgIpc) is 3.16. The van der Waals surface area contributed by atoms with Crippen molar-refractivity contribution < 1.29 is 4.79 Å². The van der Waals surface area contributed by atoms with Crippen LogP contribution in [0.15, 0.2) is 16.9 Å². The van der Waals surface area contributed by atoms with Crippen LogP contribution in [0.1, 0.15) is 50.2 Å². The van der Waals surface area contributed by atoms with Gasteiger partial charge in [0.1, 0.15) is 17.9 Å². The molecule has 4 rings (SSSR count). The van der Waals surface area contributed by atoms with Crippen LogP contribution in [0.4, 0.5) is 0 Å². The predicted molar refractivity (Wildman–Crippen MR) is 109 cm³/mol. The van der Waals surface area contributed by atoms with Gasteiger partial charge in [-0.05, 0) is 50.7 Å². The van der Waals surface area contributed by atoms with E-state index < -0.39 is 0 Å². The van der Waals surface area contributed by atoms with Crippen LogP contribution < -0.4 is 10.9 Å². The van der Waals surface area contributed by atoms with E-state index in [9.17, 15) is 9.59 Å². The van der Waals surface area contributed by atoms with Crippen molar-refractivity contribution in [1.82, 2.24) is 19.5 Å². The molecule has 1 saturated carbocycles. The Morgan fingerprint density at radius 2 is 2.00 bits per heavy atom. The monoisotopic (exact) mass is 386 g/mol. The molecule has 1 N–H and O–H groups in total. The van der Waals surface area contributed by atoms with Gasteiger partial charge in [0.05, 0.1) is 10.2 Å². The van der Waals surface area contributed by atoms with E-state index in [2.05, 4.69) is 30.3 Å². The first-order valence-corrected chi connectivity index (χ1v) is 10.6. The molecule has 6 nitrogen and oxygen atoms in total. The van der Waals surface area contributed by atoms with Gasteiger partial charge in [0.25, 0.3) is 5.56 Å². The van der Waals surface area contributed by atoms with Gasteiger partial charge in [-0.2, -0.15) is 5.10 Å². The second-order valence-corrected chi connectivity index (χ2v) is 9.02. The SMILES string of the molecule is CCc1nn(CC(=O)NC2CCC(C)CC2)c(=O)c2cc3sc(C)cc3n12. The first-order chi connectivity index (χ1) is 13.0. The molecular weight excluding hydrogens is 360 g/mol. The highest BCUT2D eigenvalue weighted by molar-refractivity contribution is 7.19. The van der Waals surface area contributed by atoms with Gasteiger partial charge in [0.2, 0.25) is 5.91 Å². The topological polar surface area (TPSA) is 68.4 Å². The summed E-state index contributed by atoms with van der Waals surface area (Å²) in [5, 5.41) is 7.59. The Labute approximate surface area is 162 Å². The maximum absolute atomic E-state index is 12.9. The second kappa shape index (κ2) is 7.11. The number of thiophene rings is 1. The Morgan fingerprint density at radius 1 is 1.26 bits per heavy atom. The van der Waals surface area contributed by atoms with Gasteiger partial charge < -0.3 is 5.32 Å². The van der Waals surface area contributed by atoms with Crippen LogP contribution in [-0.2, 0) is 17.8 Å². The highest BCUT2D eigenvalue weighted by atomic mass is 32.1. The predicted octanol–water partition coefficient (Wildman–Crippen LogP) is 3.28. The maximum Gasteiger partial charge on any atom is 0.291 e. The number of amides is 1. The molecule has 1 aliphatic rings. The summed E-state index contributed by atoms with van der Waals surface area (Å²) < 4.78 is 4.35. The lowest BCUT2D eigenvalue weighted by molar-refractivity contribution is -0.122. The van der Waals surface area contributed by atoms with Crippen LogP contribution >= 0.6 is 11.3 Å². The average molecular weight is 387 g/mol. The Bertz CT molecular complexity index is 1050. The summed E-state index contributed by atoms with van der Waals surface area (Å²) in [4.78, 5) is 26.6. The van der Waals surface area contributed by atoms with Gasteiger partial charge in [-0.25, -0.2) is 4.68 Å². The molecule has 0 saturated heterocycles. The third-order valence-corrected chi connectivity index (χ3v) is 6.54. The molecule has 0 aromatic carbocycles. The number of nitrogens with zero attached hydrogens (tertiary/aromatic N) is 3. The molecule has 1 amide bonds. The number of rotatable bonds is 4. The maximum atomic E-state index is 12.9. The lowest BCUT2D eigenvalue weighted by atomic mass is 9.87. The molecule has 1 fully saturated rings. The van der Waals surface area contributed by atoms with Crippen LogP contribution in [0.25, 0.3) is 15.7 Å². The molecule has 0 radical (unpaired) electrons. The molecule has 3 heterocycles. The largest absolute Gasteiger partial charge is 0.352 e. The van der Waals surface area contributed by atoms with Crippen LogP contribution in [-0.4, -0.2) is 26.1 Å². The van der Waals surface area contributed by atoms with Crippen molar-refractivity contribution in [2.24, 2.45) is 5.92 Å². The number of carbonyl (C=O) groups excluding carboxylic acids is 1. The minimum atomic E-state index is -0.208. The summed E-state index contributed by atoms with van der Waals surface area (Å²) in [5.41, 5.74) is 1.42. The Balaban J connectivity index is 1.63. The number of nitrogens with one attached hydrogen (secondary N) is 1. The minimum absolute atomic E-state index is 0.0216. The third-order valence-electron chi connectivity index (χ3n) is 5.55. The van der Waals surface area contributed by atoms with E-state index in [-0.39, 0.29) is 24.1 Å². The molecular formula is C20H26N4O2S. The summed E-state index contributed by atoms with van der Waals surface area (Å²) in [6.45, 7) is 6.32. The zero-order valence-corrected chi connectivity index (χ0v) is 16.9. The molecule has 0 aliphatic heterocycles. The van der Waals surface area contributed by atoms with Crippen LogP contribution in [0, 0.1) is 12.8 Å². The van der Waals surface area contributed by atoms with Crippen molar-refractivity contribution in [3.63, 3.8) is 0 Å². The van der Waals surface area contributed by atoms with Crippen molar-refractivity contribution in [3.8, 4) is 0 Å². The van der Waals surface area contributed by atoms with Crippen molar-refractivity contribution >= 4 is 33.0 Å². The Morgan fingerprint density at radius 3 is 2.70 bits per heavy atom. The molecule has 0 spiro atoms. The van der Waals surface area contributed by atoms with Crippen molar-refractivity contribution in [2.45, 2.75) is 65.5 Å². The smallest absolute Gasteiger partial charge is 0.291 e. The summed E-state index contributed by atoms with van der Waals surface area (Å²) >= 11 is 1.67. The molecule has 1 aliphatic carbocycles. The van der Waals surface area contributed by atoms with Gasteiger partial charge in [-0.3, -0.25) is 14.0 Å². The number of aryl methyl sites for hydroxylation is 2. The van der Waals surface area contributed by atoms with Crippen LogP contribution in [0.5, 0.6) is 0 Å². The van der Waals surface area contributed by atoms with E-state index in [0.717, 1.165) is 47.6 Å². The number of fused-ring (bicyclic) bond motifs is 3. The Kier molecular flexibility index (Phi) is 4.80. The van der Waals surface area contributed by atoms with Crippen molar-refractivity contribution in [2.75, 3.05) is 0 Å². The van der Waals surface area contributed by atoms with E-state index in [1.165, 1.54) is 9.56 Å². The number of hydrogen-bond acceptors (Lipinski definition) is 4. The van der Waals surface area contributed by atoms with Gasteiger partial charge in [0.15, 0.2) is 0 Å². The first-order valence-electron chi connectivity index (χ1n) is 9.77. The molecule has 0 bridgehead atoms. The first kappa shape index (κ1) is 18.2. The highest BCUT2D eigenvalue weighted by Gasteiger charge is 2.21. The van der Waals surface area contributed by atoms with E-state index in [0.29, 0.717) is 11.9 Å². The standard InChI is InChI=1S/C20H26N4O2S/c1-4-18-22-23(11-19(25)21-14-7-5-12(2)6-8-14)20(26)16-10-17-15(24(16)18)9-13(3)27-17/h9-10,12,14H,4-8,11H2,1-3H3,(H,21,25). The fraction of sp³-hybridized carbons (Fsp3) is 0.550. The zero-order chi connectivity index (χ0) is 19.1. The van der Waals surface area contributed by atoms with E-state index in [4.69, 9.17) is 0 Å². The van der Waals surface area contributed by atoms with Crippen molar-refractivity contribution in [1.29, 1.82) is 0 Å². The van der Waals surface area contributed by atoms with Gasteiger partial charge in [-0.1, -0.05) is 13.8 Å². The molecule has 0 atom stereocenters. The van der Waals surface area contributed by atoms with Crippen LogP contribution in [0.2, 0.25) is 0 Å². The molecule has 27 heavy (non-hydrogen) atoms. The van der Waals surface area contributed by atoms with Crippen LogP contribution in [0.3, 0.4) is 0 Å². The number of aromatic nitrogens is 3. The summed E-state index contributed by atoms with van der Waals surface area (Å²) in [6, 6.07) is 4.24. The quantitative estimate of drug-likeness (QED) is 0.748. The Hall–Kier alpha value is -2.15. The second-order valence-electron chi connectivity index (χ2n) is 7.73. The lowest BCUT2D eigenvalue weighted by Crippen LogP contribution is -2.41. The molecule has 3 aromatic rings. The minimum Gasteiger partial charge on any atom is -0.352 e. The molecule has 3 aromatic heterocycles. The van der Waals surface area contributed by atoms with Gasteiger partial charge >= 0.3 is 0 Å². The van der Waals surface area contributed by atoms with E-state index >= 15 is 0 Å². The van der Waals surface area contributed by atoms with Gasteiger partial charge in [-0.15, -0.1) is 11.3 Å². The van der Waals surface area contributed by atoms with Gasteiger partial charge in [0, 0.05) is 17.3 Å². The fourth-order valence-electron chi connectivity index (χ4n) is 4.06.